The molecule has 0 aliphatic rings. The first-order chi connectivity index (χ1) is 6.97. The topological polar surface area (TPSA) is 46.5 Å². The highest BCUT2D eigenvalue weighted by Gasteiger charge is 2.21. The van der Waals surface area contributed by atoms with Crippen molar-refractivity contribution in [1.29, 1.82) is 0 Å². The van der Waals surface area contributed by atoms with Gasteiger partial charge in [0.2, 0.25) is 0 Å². The van der Waals surface area contributed by atoms with Crippen molar-refractivity contribution in [2.24, 2.45) is 0 Å². The number of ether oxygens (including phenoxy) is 1. The van der Waals surface area contributed by atoms with Crippen LogP contribution >= 0.6 is 0 Å². The number of methoxy groups -OCH3 is 1. The van der Waals surface area contributed by atoms with Gasteiger partial charge >= 0.3 is 5.97 Å². The molecule has 0 heterocycles. The first-order valence-corrected chi connectivity index (χ1v) is 3.89. The molecule has 0 radical (unpaired) electrons. The van der Waals surface area contributed by atoms with Gasteiger partial charge in [-0.05, 0) is 0 Å². The number of halogens is 3. The fourth-order valence-corrected chi connectivity index (χ4v) is 1.16. The Morgan fingerprint density at radius 2 is 2.00 bits per heavy atom. The molecule has 0 unspecified atom stereocenters. The number of aliphatic carboxylic acids is 1. The van der Waals surface area contributed by atoms with Gasteiger partial charge in [-0.1, -0.05) is 0 Å². The fraction of sp³-hybridized carbons (Fsp3) is 0.222. The molecule has 6 heteroatoms. The zero-order valence-electron chi connectivity index (χ0n) is 7.68. The second-order valence-corrected chi connectivity index (χ2v) is 2.74. The molecule has 3 nitrogen and oxygen atoms in total. The first kappa shape index (κ1) is 11.4. The smallest absolute Gasteiger partial charge is 0.308 e. The number of rotatable bonds is 3. The molecule has 0 fully saturated rings. The first-order valence-electron chi connectivity index (χ1n) is 3.89. The third-order valence-electron chi connectivity index (χ3n) is 1.75. The van der Waals surface area contributed by atoms with E-state index >= 15 is 0 Å². The van der Waals surface area contributed by atoms with Crippen LogP contribution in [0.5, 0.6) is 5.75 Å². The van der Waals surface area contributed by atoms with E-state index in [1.165, 1.54) is 0 Å². The largest absolute Gasteiger partial charge is 0.493 e. The molecule has 0 spiro atoms. The van der Waals surface area contributed by atoms with E-state index < -0.39 is 41.2 Å². The molecule has 0 amide bonds. The summed E-state index contributed by atoms with van der Waals surface area (Å²) in [7, 11) is 1.04. The lowest BCUT2D eigenvalue weighted by Crippen LogP contribution is -2.08. The minimum Gasteiger partial charge on any atom is -0.493 e. The maximum Gasteiger partial charge on any atom is 0.308 e. The average molecular weight is 220 g/mol. The predicted molar refractivity (Wildman–Crippen MR) is 44.2 cm³/mol. The monoisotopic (exact) mass is 220 g/mol. The summed E-state index contributed by atoms with van der Waals surface area (Å²) in [4.78, 5) is 10.3. The fourth-order valence-electron chi connectivity index (χ4n) is 1.16. The summed E-state index contributed by atoms with van der Waals surface area (Å²) in [6.07, 6.45) is -0.844. The molecule has 0 saturated heterocycles. The van der Waals surface area contributed by atoms with E-state index in [1.54, 1.807) is 0 Å². The summed E-state index contributed by atoms with van der Waals surface area (Å²) in [5.41, 5.74) is -0.637. The van der Waals surface area contributed by atoms with Gasteiger partial charge in [0, 0.05) is 11.6 Å². The summed E-state index contributed by atoms with van der Waals surface area (Å²) < 4.78 is 43.3. The van der Waals surface area contributed by atoms with Crippen molar-refractivity contribution in [3.8, 4) is 5.75 Å². The summed E-state index contributed by atoms with van der Waals surface area (Å²) in [5, 5.41) is 8.43. The van der Waals surface area contributed by atoms with Crippen LogP contribution in [0.1, 0.15) is 5.56 Å². The van der Waals surface area contributed by atoms with Gasteiger partial charge in [0.15, 0.2) is 23.2 Å². The van der Waals surface area contributed by atoms with Crippen LogP contribution in [0, 0.1) is 17.5 Å². The molecule has 1 aromatic rings. The molecule has 0 atom stereocenters. The van der Waals surface area contributed by atoms with Crippen molar-refractivity contribution in [2.45, 2.75) is 6.42 Å². The normalized spacial score (nSPS) is 10.1. The predicted octanol–water partition coefficient (Wildman–Crippen LogP) is 1.74. The Kier molecular flexibility index (Phi) is 3.18. The zero-order valence-corrected chi connectivity index (χ0v) is 7.68. The Morgan fingerprint density at radius 1 is 1.40 bits per heavy atom. The highest BCUT2D eigenvalue weighted by molar-refractivity contribution is 5.71. The number of carboxylic acids is 1. The number of hydrogen-bond donors (Lipinski definition) is 1. The summed E-state index contributed by atoms with van der Waals surface area (Å²) in [5.74, 6) is -5.97. The zero-order chi connectivity index (χ0) is 11.6. The van der Waals surface area contributed by atoms with Gasteiger partial charge in [0.1, 0.15) is 0 Å². The van der Waals surface area contributed by atoms with Crippen LogP contribution in [-0.4, -0.2) is 18.2 Å². The van der Waals surface area contributed by atoms with Crippen LogP contribution < -0.4 is 4.74 Å². The van der Waals surface area contributed by atoms with Crippen LogP contribution in [0.4, 0.5) is 13.2 Å². The number of benzene rings is 1. The van der Waals surface area contributed by atoms with Crippen molar-refractivity contribution in [3.05, 3.63) is 29.1 Å². The lowest BCUT2D eigenvalue weighted by atomic mass is 10.1. The summed E-state index contributed by atoms with van der Waals surface area (Å²) in [6, 6.07) is 0.305. The second-order valence-electron chi connectivity index (χ2n) is 2.74. The number of hydrogen-bond acceptors (Lipinski definition) is 2. The van der Waals surface area contributed by atoms with Gasteiger partial charge < -0.3 is 9.84 Å². The minimum absolute atomic E-state index is 0.305. The molecule has 1 rings (SSSR count). The van der Waals surface area contributed by atoms with Gasteiger partial charge in [-0.2, -0.15) is 0 Å². The lowest BCUT2D eigenvalue weighted by molar-refractivity contribution is -0.136. The number of carboxylic acid groups (broad SMARTS) is 1. The van der Waals surface area contributed by atoms with E-state index in [0.717, 1.165) is 7.11 Å². The summed E-state index contributed by atoms with van der Waals surface area (Å²) in [6.45, 7) is 0. The van der Waals surface area contributed by atoms with Crippen LogP contribution in [-0.2, 0) is 11.2 Å². The quantitative estimate of drug-likeness (QED) is 0.789. The Labute approximate surface area is 83.1 Å². The Bertz CT molecular complexity index is 404. The van der Waals surface area contributed by atoms with Crippen LogP contribution in [0.15, 0.2) is 6.07 Å². The second kappa shape index (κ2) is 4.20. The maximum absolute atomic E-state index is 13.1. The minimum atomic E-state index is -1.44. The average Bonchev–Trinajstić information content (AvgIpc) is 2.13. The van der Waals surface area contributed by atoms with Crippen LogP contribution in [0.25, 0.3) is 0 Å². The Hall–Kier alpha value is -1.72. The molecule has 1 N–H and O–H groups in total. The molecule has 82 valence electrons. The highest BCUT2D eigenvalue weighted by Crippen LogP contribution is 2.27. The van der Waals surface area contributed by atoms with Crippen molar-refractivity contribution in [1.82, 2.24) is 0 Å². The van der Waals surface area contributed by atoms with Gasteiger partial charge in [-0.25, -0.2) is 13.2 Å². The lowest BCUT2D eigenvalue weighted by Gasteiger charge is -2.09. The molecule has 15 heavy (non-hydrogen) atoms. The van der Waals surface area contributed by atoms with E-state index in [4.69, 9.17) is 5.11 Å². The van der Waals surface area contributed by atoms with E-state index in [0.29, 0.717) is 6.07 Å². The van der Waals surface area contributed by atoms with Gasteiger partial charge in [-0.3, -0.25) is 4.79 Å². The van der Waals surface area contributed by atoms with Gasteiger partial charge in [0.25, 0.3) is 0 Å². The standard InChI is InChI=1S/C9H7F3O3/c1-15-9-4(2-7(13)14)8(12)5(10)3-6(9)11/h3H,2H2,1H3,(H,13,14). The van der Waals surface area contributed by atoms with Crippen molar-refractivity contribution in [2.75, 3.05) is 7.11 Å². The van der Waals surface area contributed by atoms with Crippen molar-refractivity contribution in [3.63, 3.8) is 0 Å². The molecule has 0 saturated carbocycles. The molecular formula is C9H7F3O3. The van der Waals surface area contributed by atoms with Gasteiger partial charge in [0.05, 0.1) is 13.5 Å². The Balaban J connectivity index is 3.36. The Morgan fingerprint density at radius 3 is 2.47 bits per heavy atom. The van der Waals surface area contributed by atoms with Crippen LogP contribution in [0.3, 0.4) is 0 Å². The summed E-state index contributed by atoms with van der Waals surface area (Å²) >= 11 is 0. The van der Waals surface area contributed by atoms with E-state index in [-0.39, 0.29) is 0 Å². The number of carbonyl (C=O) groups is 1. The molecule has 0 aromatic heterocycles. The SMILES string of the molecule is COc1c(F)cc(F)c(F)c1CC(=O)O. The van der Waals surface area contributed by atoms with Gasteiger partial charge in [-0.15, -0.1) is 0 Å². The molecule has 1 aromatic carbocycles. The molecule has 0 aliphatic heterocycles. The van der Waals surface area contributed by atoms with E-state index in [1.807, 2.05) is 0 Å². The molecule has 0 bridgehead atoms. The maximum atomic E-state index is 13.1. The highest BCUT2D eigenvalue weighted by atomic mass is 19.2. The van der Waals surface area contributed by atoms with Crippen molar-refractivity contribution < 1.29 is 27.8 Å². The van der Waals surface area contributed by atoms with Crippen LogP contribution in [0.2, 0.25) is 0 Å². The van der Waals surface area contributed by atoms with E-state index in [2.05, 4.69) is 4.74 Å². The third-order valence-corrected chi connectivity index (χ3v) is 1.75. The molecular weight excluding hydrogens is 213 g/mol. The van der Waals surface area contributed by atoms with Crippen molar-refractivity contribution >= 4 is 5.97 Å². The van der Waals surface area contributed by atoms with E-state index in [9.17, 15) is 18.0 Å². The third kappa shape index (κ3) is 2.20. The molecule has 0 aliphatic carbocycles.